The maximum atomic E-state index is 13.2. The van der Waals surface area contributed by atoms with Crippen molar-refractivity contribution in [3.05, 3.63) is 69.2 Å². The van der Waals surface area contributed by atoms with Crippen molar-refractivity contribution in [1.29, 1.82) is 0 Å². The lowest BCUT2D eigenvalue weighted by atomic mass is 10.1. The maximum Gasteiger partial charge on any atom is 0.408 e. The molecule has 2 rings (SSSR count). The topological polar surface area (TPSA) is 105 Å². The first-order valence-corrected chi connectivity index (χ1v) is 9.99. The van der Waals surface area contributed by atoms with E-state index in [1.165, 1.54) is 30.3 Å². The van der Waals surface area contributed by atoms with Crippen LogP contribution < -0.4 is 11.1 Å². The SMILES string of the molecule is C.CC(C)(C)OC(=O)N[C@H](CO)c1cc(F)cc(Cl)c1.Cl.N[C@H](CO)c1cc(F)cc(Cl)c1.S.S. The number of alkyl carbamates (subject to hydrolysis) is 1. The number of hydrogen-bond acceptors (Lipinski definition) is 5. The molecule has 0 saturated carbocycles. The van der Waals surface area contributed by atoms with Crippen LogP contribution in [0.5, 0.6) is 0 Å². The van der Waals surface area contributed by atoms with E-state index in [1.54, 1.807) is 20.8 Å². The number of nitrogens with two attached hydrogens (primary N) is 1. The monoisotopic (exact) mass is 598 g/mol. The van der Waals surface area contributed by atoms with Crippen LogP contribution in [-0.4, -0.2) is 35.1 Å². The van der Waals surface area contributed by atoms with Crippen LogP contribution in [-0.2, 0) is 4.74 Å². The predicted octanol–water partition coefficient (Wildman–Crippen LogP) is 5.79. The van der Waals surface area contributed by atoms with Gasteiger partial charge in [-0.05, 0) is 68.3 Å². The van der Waals surface area contributed by atoms with Crippen molar-refractivity contribution in [3.63, 3.8) is 0 Å². The fourth-order valence-corrected chi connectivity index (χ4v) is 2.82. The second-order valence-electron chi connectivity index (χ2n) is 7.58. The first-order chi connectivity index (χ1) is 14.3. The number of carbonyl (C=O) groups excluding carboxylic acids is 1. The molecule has 5 N–H and O–H groups in total. The Morgan fingerprint density at radius 1 is 0.971 bits per heavy atom. The number of aliphatic hydroxyl groups excluding tert-OH is 2. The Morgan fingerprint density at radius 2 is 1.40 bits per heavy atom. The zero-order valence-electron chi connectivity index (χ0n) is 18.7. The van der Waals surface area contributed by atoms with Gasteiger partial charge in [0.1, 0.15) is 17.2 Å². The number of nitrogens with one attached hydrogen (secondary N) is 1. The highest BCUT2D eigenvalue weighted by atomic mass is 35.5. The molecular formula is C22H35Cl3F2N2O4S2. The molecule has 0 heterocycles. The fraction of sp³-hybridized carbons (Fsp3) is 0.409. The molecule has 0 aliphatic rings. The molecule has 0 saturated heterocycles. The fourth-order valence-electron chi connectivity index (χ4n) is 2.36. The van der Waals surface area contributed by atoms with Crippen LogP contribution in [0.25, 0.3) is 0 Å². The largest absolute Gasteiger partial charge is 0.444 e. The number of rotatable bonds is 5. The number of amides is 1. The van der Waals surface area contributed by atoms with Crippen LogP contribution in [0.1, 0.15) is 51.4 Å². The number of carbonyl (C=O) groups is 1. The number of benzene rings is 2. The predicted molar refractivity (Wildman–Crippen MR) is 151 cm³/mol. The van der Waals surface area contributed by atoms with E-state index in [4.69, 9.17) is 38.8 Å². The molecule has 2 aromatic rings. The summed E-state index contributed by atoms with van der Waals surface area (Å²) in [5.74, 6) is -0.978. The summed E-state index contributed by atoms with van der Waals surface area (Å²) in [6.45, 7) is 4.55. The molecule has 6 nitrogen and oxygen atoms in total. The van der Waals surface area contributed by atoms with Gasteiger partial charge in [-0.3, -0.25) is 0 Å². The third kappa shape index (κ3) is 16.4. The van der Waals surface area contributed by atoms with Crippen molar-refractivity contribution >= 4 is 68.7 Å². The first-order valence-electron chi connectivity index (χ1n) is 9.23. The molecule has 0 bridgehead atoms. The minimum absolute atomic E-state index is 0. The van der Waals surface area contributed by atoms with Gasteiger partial charge in [0.25, 0.3) is 0 Å². The number of hydrogen-bond donors (Lipinski definition) is 4. The van der Waals surface area contributed by atoms with E-state index in [2.05, 4.69) is 5.32 Å². The Hall–Kier alpha value is -0.980. The molecule has 0 fully saturated rings. The number of aliphatic hydroxyl groups is 2. The van der Waals surface area contributed by atoms with Gasteiger partial charge in [-0.1, -0.05) is 30.6 Å². The van der Waals surface area contributed by atoms with E-state index in [1.807, 2.05) is 0 Å². The minimum Gasteiger partial charge on any atom is -0.444 e. The van der Waals surface area contributed by atoms with Crippen LogP contribution >= 0.6 is 62.6 Å². The summed E-state index contributed by atoms with van der Waals surface area (Å²) in [5, 5.41) is 20.9. The highest BCUT2D eigenvalue weighted by Crippen LogP contribution is 2.21. The van der Waals surface area contributed by atoms with Gasteiger partial charge in [0.15, 0.2) is 0 Å². The van der Waals surface area contributed by atoms with E-state index in [9.17, 15) is 18.7 Å². The molecule has 0 unspecified atom stereocenters. The molecule has 13 heteroatoms. The second kappa shape index (κ2) is 19.2. The highest BCUT2D eigenvalue weighted by molar-refractivity contribution is 7.59. The van der Waals surface area contributed by atoms with Gasteiger partial charge >= 0.3 is 6.09 Å². The molecule has 2 aromatic carbocycles. The van der Waals surface area contributed by atoms with Gasteiger partial charge in [0.2, 0.25) is 0 Å². The van der Waals surface area contributed by atoms with Gasteiger partial charge in [-0.2, -0.15) is 27.0 Å². The lowest BCUT2D eigenvalue weighted by molar-refractivity contribution is 0.0481. The standard InChI is InChI=1S/C13H17ClFNO3.C8H9ClFNO.CH4.ClH.2H2S/c1-13(2,3)19-12(18)16-11(7-17)8-4-9(14)6-10(15)5-8;9-6-1-5(8(11)4-12)2-7(10)3-6;;;;/h4-6,11,17H,7H2,1-3H3,(H,16,18);1-3,8,12H,4,11H2;1H4;1H;2*1H2/t11-;8-;;;;/m11..../s1. The average molecular weight is 600 g/mol. The minimum atomic E-state index is -0.775. The van der Waals surface area contributed by atoms with Crippen LogP contribution in [0, 0.1) is 11.6 Å². The molecule has 0 aromatic heterocycles. The number of halogens is 5. The molecule has 0 aliphatic carbocycles. The molecule has 35 heavy (non-hydrogen) atoms. The molecule has 0 aliphatic heterocycles. The highest BCUT2D eigenvalue weighted by Gasteiger charge is 2.20. The van der Waals surface area contributed by atoms with E-state index in [-0.39, 0.29) is 70.1 Å². The summed E-state index contributed by atoms with van der Waals surface area (Å²) in [4.78, 5) is 11.6. The molecular weight excluding hydrogens is 565 g/mol. The third-order valence-corrected chi connectivity index (χ3v) is 4.11. The lowest BCUT2D eigenvalue weighted by Gasteiger charge is -2.23. The summed E-state index contributed by atoms with van der Waals surface area (Å²) in [6, 6.07) is 6.45. The van der Waals surface area contributed by atoms with E-state index in [0.29, 0.717) is 11.1 Å². The zero-order valence-corrected chi connectivity index (χ0v) is 23.1. The molecule has 0 radical (unpaired) electrons. The molecule has 2 atom stereocenters. The van der Waals surface area contributed by atoms with E-state index in [0.717, 1.165) is 6.07 Å². The van der Waals surface area contributed by atoms with E-state index < -0.39 is 35.4 Å². The normalized spacial score (nSPS) is 11.5. The Bertz CT molecular complexity index is 854. The second-order valence-corrected chi connectivity index (χ2v) is 8.45. The van der Waals surface area contributed by atoms with Crippen molar-refractivity contribution in [2.45, 2.75) is 45.9 Å². The summed E-state index contributed by atoms with van der Waals surface area (Å²) in [7, 11) is 0. The third-order valence-electron chi connectivity index (χ3n) is 3.67. The van der Waals surface area contributed by atoms with Crippen molar-refractivity contribution in [2.75, 3.05) is 13.2 Å². The van der Waals surface area contributed by atoms with Crippen LogP contribution in [0.3, 0.4) is 0 Å². The van der Waals surface area contributed by atoms with Crippen LogP contribution in [0.4, 0.5) is 13.6 Å². The first kappa shape index (κ1) is 41.2. The van der Waals surface area contributed by atoms with Crippen LogP contribution in [0.15, 0.2) is 36.4 Å². The molecule has 0 spiro atoms. The smallest absolute Gasteiger partial charge is 0.408 e. The van der Waals surface area contributed by atoms with Crippen molar-refractivity contribution in [1.82, 2.24) is 5.32 Å². The van der Waals surface area contributed by atoms with Crippen molar-refractivity contribution in [3.8, 4) is 0 Å². The summed E-state index contributed by atoms with van der Waals surface area (Å²) >= 11 is 11.3. The average Bonchev–Trinajstić information content (AvgIpc) is 2.63. The summed E-state index contributed by atoms with van der Waals surface area (Å²) in [6.07, 6.45) is -0.688. The van der Waals surface area contributed by atoms with Gasteiger partial charge in [0, 0.05) is 10.0 Å². The van der Waals surface area contributed by atoms with Gasteiger partial charge in [0.05, 0.1) is 25.3 Å². The van der Waals surface area contributed by atoms with Gasteiger partial charge < -0.3 is 26.0 Å². The number of ether oxygens (including phenoxy) is 1. The lowest BCUT2D eigenvalue weighted by Crippen LogP contribution is -2.36. The Balaban J connectivity index is -0.000000265. The Labute approximate surface area is 235 Å². The van der Waals surface area contributed by atoms with Crippen LogP contribution in [0.2, 0.25) is 10.0 Å². The maximum absolute atomic E-state index is 13.2. The van der Waals surface area contributed by atoms with Crippen molar-refractivity contribution < 1.29 is 28.5 Å². The Kier molecular flexibility index (Phi) is 22.5. The van der Waals surface area contributed by atoms with E-state index >= 15 is 0 Å². The quantitative estimate of drug-likeness (QED) is 0.348. The molecule has 204 valence electrons. The molecule has 1 amide bonds. The van der Waals surface area contributed by atoms with Gasteiger partial charge in [-0.25, -0.2) is 13.6 Å². The summed E-state index contributed by atoms with van der Waals surface area (Å²) in [5.41, 5.74) is 5.68. The summed E-state index contributed by atoms with van der Waals surface area (Å²) < 4.78 is 31.0. The van der Waals surface area contributed by atoms with Gasteiger partial charge in [-0.15, -0.1) is 12.4 Å². The Morgan fingerprint density at radius 3 is 1.77 bits per heavy atom. The zero-order chi connectivity index (χ0) is 23.8. The van der Waals surface area contributed by atoms with Crippen molar-refractivity contribution in [2.24, 2.45) is 5.73 Å².